The Labute approximate surface area is 108 Å². The fourth-order valence-corrected chi connectivity index (χ4v) is 2.32. The predicted molar refractivity (Wildman–Crippen MR) is 75.4 cm³/mol. The number of thiocarbonyl (C=S) groups is 1. The average molecular weight is 249 g/mol. The van der Waals surface area contributed by atoms with Gasteiger partial charge in [-0.3, -0.25) is 0 Å². The first kappa shape index (κ1) is 12.3. The molecule has 17 heavy (non-hydrogen) atoms. The number of nitrogens with two attached hydrogens (primary N) is 1. The molecule has 0 spiro atoms. The van der Waals surface area contributed by atoms with Gasteiger partial charge in [0.1, 0.15) is 10.8 Å². The van der Waals surface area contributed by atoms with Gasteiger partial charge in [-0.15, -0.1) is 0 Å². The van der Waals surface area contributed by atoms with Crippen LogP contribution in [0.3, 0.4) is 0 Å². The maximum Gasteiger partial charge on any atom is 0.138 e. The third-order valence-corrected chi connectivity index (χ3v) is 3.69. The molecule has 2 rings (SSSR count). The van der Waals surface area contributed by atoms with Gasteiger partial charge in [-0.1, -0.05) is 26.1 Å². The molecule has 0 unspecified atom stereocenters. The summed E-state index contributed by atoms with van der Waals surface area (Å²) in [6.45, 7) is 6.69. The fraction of sp³-hybridized carbons (Fsp3) is 0.538. The van der Waals surface area contributed by atoms with Gasteiger partial charge in [0, 0.05) is 19.3 Å². The molecule has 1 aliphatic rings. The lowest BCUT2D eigenvalue weighted by atomic mass is 9.82. The first-order valence-electron chi connectivity index (χ1n) is 5.99. The smallest absolute Gasteiger partial charge is 0.138 e. The van der Waals surface area contributed by atoms with E-state index in [9.17, 15) is 0 Å². The van der Waals surface area contributed by atoms with Crippen LogP contribution in [0.2, 0.25) is 0 Å². The van der Waals surface area contributed by atoms with Gasteiger partial charge in [0.2, 0.25) is 0 Å². The molecule has 92 valence electrons. The van der Waals surface area contributed by atoms with Gasteiger partial charge in [0.25, 0.3) is 0 Å². The molecule has 0 aromatic carbocycles. The zero-order valence-electron chi connectivity index (χ0n) is 10.4. The van der Waals surface area contributed by atoms with Crippen molar-refractivity contribution in [3.8, 4) is 0 Å². The number of hydrogen-bond donors (Lipinski definition) is 1. The van der Waals surface area contributed by atoms with Gasteiger partial charge in [-0.2, -0.15) is 0 Å². The lowest BCUT2D eigenvalue weighted by Gasteiger charge is -2.38. The minimum Gasteiger partial charge on any atom is -0.389 e. The van der Waals surface area contributed by atoms with Gasteiger partial charge in [-0.25, -0.2) is 4.98 Å². The van der Waals surface area contributed by atoms with Crippen LogP contribution < -0.4 is 10.6 Å². The van der Waals surface area contributed by atoms with Crippen LogP contribution >= 0.6 is 12.2 Å². The quantitative estimate of drug-likeness (QED) is 0.817. The maximum absolute atomic E-state index is 5.74. The lowest BCUT2D eigenvalue weighted by Crippen LogP contribution is -2.38. The molecule has 1 aliphatic heterocycles. The van der Waals surface area contributed by atoms with E-state index in [1.165, 1.54) is 12.8 Å². The van der Waals surface area contributed by atoms with E-state index in [-0.39, 0.29) is 0 Å². The molecule has 0 radical (unpaired) electrons. The largest absolute Gasteiger partial charge is 0.389 e. The Balaban J connectivity index is 2.21. The molecule has 4 heteroatoms. The van der Waals surface area contributed by atoms with Crippen molar-refractivity contribution in [2.75, 3.05) is 18.0 Å². The fourth-order valence-electron chi connectivity index (χ4n) is 2.17. The molecule has 3 nitrogen and oxygen atoms in total. The molecule has 1 fully saturated rings. The molecule has 2 heterocycles. The van der Waals surface area contributed by atoms with Crippen molar-refractivity contribution < 1.29 is 0 Å². The second kappa shape index (κ2) is 4.61. The summed E-state index contributed by atoms with van der Waals surface area (Å²) in [5.41, 5.74) is 7.07. The zero-order chi connectivity index (χ0) is 12.5. The molecular weight excluding hydrogens is 230 g/mol. The van der Waals surface area contributed by atoms with Crippen molar-refractivity contribution in [2.45, 2.75) is 26.7 Å². The minimum absolute atomic E-state index is 0.429. The van der Waals surface area contributed by atoms with Gasteiger partial charge in [0.15, 0.2) is 0 Å². The Hall–Kier alpha value is -1.16. The maximum atomic E-state index is 5.74. The monoisotopic (exact) mass is 249 g/mol. The molecule has 1 saturated heterocycles. The summed E-state index contributed by atoms with van der Waals surface area (Å²) in [4.78, 5) is 7.15. The summed E-state index contributed by atoms with van der Waals surface area (Å²) in [5.74, 6) is 0.940. The van der Waals surface area contributed by atoms with Gasteiger partial charge in [-0.05, 0) is 30.4 Å². The first-order valence-corrected chi connectivity index (χ1v) is 6.40. The van der Waals surface area contributed by atoms with Crippen molar-refractivity contribution in [2.24, 2.45) is 11.1 Å². The van der Waals surface area contributed by atoms with E-state index in [0.29, 0.717) is 10.4 Å². The number of pyridine rings is 1. The predicted octanol–water partition coefficient (Wildman–Crippen LogP) is 2.34. The molecule has 1 aromatic heterocycles. The highest BCUT2D eigenvalue weighted by Crippen LogP contribution is 2.32. The number of anilines is 1. The molecule has 0 bridgehead atoms. The Kier molecular flexibility index (Phi) is 3.33. The highest BCUT2D eigenvalue weighted by atomic mass is 32.1. The van der Waals surface area contributed by atoms with Gasteiger partial charge < -0.3 is 10.6 Å². The van der Waals surface area contributed by atoms with Crippen LogP contribution in [0.25, 0.3) is 0 Å². The second-order valence-electron chi connectivity index (χ2n) is 5.39. The van der Waals surface area contributed by atoms with E-state index < -0.39 is 0 Å². The molecule has 0 aliphatic carbocycles. The topological polar surface area (TPSA) is 42.2 Å². The number of aromatic nitrogens is 1. The Bertz CT molecular complexity index is 418. The van der Waals surface area contributed by atoms with Crippen LogP contribution in [0.5, 0.6) is 0 Å². The Morgan fingerprint density at radius 1 is 1.41 bits per heavy atom. The number of nitrogens with zero attached hydrogens (tertiary/aromatic N) is 2. The third kappa shape index (κ3) is 2.75. The average Bonchev–Trinajstić information content (AvgIpc) is 2.29. The normalized spacial score (nSPS) is 19.1. The summed E-state index contributed by atoms with van der Waals surface area (Å²) in [5, 5.41) is 0. The van der Waals surface area contributed by atoms with Crippen LogP contribution in [-0.4, -0.2) is 23.1 Å². The van der Waals surface area contributed by atoms with Gasteiger partial charge in [0.05, 0.1) is 5.56 Å². The van der Waals surface area contributed by atoms with E-state index in [4.69, 9.17) is 18.0 Å². The van der Waals surface area contributed by atoms with E-state index in [0.717, 1.165) is 24.5 Å². The molecular formula is C13H19N3S. The van der Waals surface area contributed by atoms with Crippen LogP contribution in [0.1, 0.15) is 32.3 Å². The number of hydrogen-bond acceptors (Lipinski definition) is 3. The summed E-state index contributed by atoms with van der Waals surface area (Å²) in [7, 11) is 0. The number of piperidine rings is 1. The van der Waals surface area contributed by atoms with Crippen LogP contribution in [0.15, 0.2) is 18.3 Å². The molecule has 2 N–H and O–H groups in total. The standard InChI is InChI=1S/C13H19N3S/c1-13(2)5-8-16(9-6-13)12-10(11(14)17)4-3-7-15-12/h3-4,7H,5-6,8-9H2,1-2H3,(H2,14,17). The van der Waals surface area contributed by atoms with E-state index in [1.54, 1.807) is 6.20 Å². The highest BCUT2D eigenvalue weighted by Gasteiger charge is 2.27. The molecule has 0 saturated carbocycles. The van der Waals surface area contributed by atoms with E-state index in [2.05, 4.69) is 23.7 Å². The van der Waals surface area contributed by atoms with Crippen molar-refractivity contribution in [1.29, 1.82) is 0 Å². The SMILES string of the molecule is CC1(C)CCN(c2ncccc2C(N)=S)CC1. The first-order chi connectivity index (χ1) is 7.99. The van der Waals surface area contributed by atoms with Crippen LogP contribution in [0.4, 0.5) is 5.82 Å². The zero-order valence-corrected chi connectivity index (χ0v) is 11.3. The van der Waals surface area contributed by atoms with Crippen LogP contribution in [-0.2, 0) is 0 Å². The van der Waals surface area contributed by atoms with Gasteiger partial charge >= 0.3 is 0 Å². The summed E-state index contributed by atoms with van der Waals surface area (Å²) in [6, 6.07) is 3.83. The molecule has 0 amide bonds. The third-order valence-electron chi connectivity index (χ3n) is 3.47. The van der Waals surface area contributed by atoms with Crippen molar-refractivity contribution in [3.05, 3.63) is 23.9 Å². The lowest BCUT2D eigenvalue weighted by molar-refractivity contribution is 0.279. The summed E-state index contributed by atoms with van der Waals surface area (Å²) in [6.07, 6.45) is 4.16. The van der Waals surface area contributed by atoms with Crippen LogP contribution in [0, 0.1) is 5.41 Å². The Morgan fingerprint density at radius 2 is 2.06 bits per heavy atom. The van der Waals surface area contributed by atoms with E-state index >= 15 is 0 Å². The highest BCUT2D eigenvalue weighted by molar-refractivity contribution is 7.80. The summed E-state index contributed by atoms with van der Waals surface area (Å²) < 4.78 is 0. The second-order valence-corrected chi connectivity index (χ2v) is 5.83. The molecule has 0 atom stereocenters. The summed E-state index contributed by atoms with van der Waals surface area (Å²) >= 11 is 5.08. The number of rotatable bonds is 2. The van der Waals surface area contributed by atoms with Crippen molar-refractivity contribution in [3.63, 3.8) is 0 Å². The minimum atomic E-state index is 0.429. The van der Waals surface area contributed by atoms with Crippen molar-refractivity contribution in [1.82, 2.24) is 4.98 Å². The Morgan fingerprint density at radius 3 is 2.65 bits per heavy atom. The van der Waals surface area contributed by atoms with Crippen molar-refractivity contribution >= 4 is 23.0 Å². The molecule has 1 aromatic rings. The van der Waals surface area contributed by atoms with E-state index in [1.807, 2.05) is 12.1 Å².